The fourth-order valence-corrected chi connectivity index (χ4v) is 2.45. The molecule has 3 heteroatoms. The second-order valence-corrected chi connectivity index (χ2v) is 5.02. The zero-order valence-corrected chi connectivity index (χ0v) is 11.9. The number of hydrogen-bond donors (Lipinski definition) is 0. The Kier molecular flexibility index (Phi) is 4.02. The van der Waals surface area contributed by atoms with Crippen molar-refractivity contribution in [2.45, 2.75) is 12.8 Å². The van der Waals surface area contributed by atoms with Gasteiger partial charge in [-0.25, -0.2) is 4.39 Å². The van der Waals surface area contributed by atoms with E-state index in [0.29, 0.717) is 0 Å². The van der Waals surface area contributed by atoms with Crippen LogP contribution in [0.5, 0.6) is 5.75 Å². The SMILES string of the molecule is COc1ccc(C(C)c2ccc(F)cc2)cc1Br. The zero-order chi connectivity index (χ0) is 13.1. The molecule has 0 saturated carbocycles. The molecule has 1 nitrogen and oxygen atoms in total. The molecule has 0 radical (unpaired) electrons. The van der Waals surface area contributed by atoms with Crippen molar-refractivity contribution in [2.75, 3.05) is 7.11 Å². The summed E-state index contributed by atoms with van der Waals surface area (Å²) in [5.41, 5.74) is 2.25. The van der Waals surface area contributed by atoms with Crippen LogP contribution in [0.2, 0.25) is 0 Å². The Labute approximate surface area is 115 Å². The minimum Gasteiger partial charge on any atom is -0.496 e. The highest BCUT2D eigenvalue weighted by atomic mass is 79.9. The van der Waals surface area contributed by atoms with Crippen molar-refractivity contribution in [3.8, 4) is 5.75 Å². The molecule has 94 valence electrons. The Morgan fingerprint density at radius 1 is 1.06 bits per heavy atom. The van der Waals surface area contributed by atoms with Gasteiger partial charge in [-0.05, 0) is 51.3 Å². The summed E-state index contributed by atoms with van der Waals surface area (Å²) in [6.07, 6.45) is 0. The van der Waals surface area contributed by atoms with E-state index in [-0.39, 0.29) is 11.7 Å². The summed E-state index contributed by atoms with van der Waals surface area (Å²) in [6.45, 7) is 2.10. The van der Waals surface area contributed by atoms with Crippen LogP contribution in [0.1, 0.15) is 24.0 Å². The molecular formula is C15H14BrFO. The summed E-state index contributed by atoms with van der Waals surface area (Å²) in [7, 11) is 1.64. The predicted molar refractivity (Wildman–Crippen MR) is 74.6 cm³/mol. The lowest BCUT2D eigenvalue weighted by molar-refractivity contribution is 0.412. The van der Waals surface area contributed by atoms with E-state index < -0.39 is 0 Å². The highest BCUT2D eigenvalue weighted by molar-refractivity contribution is 9.10. The quantitative estimate of drug-likeness (QED) is 0.795. The van der Waals surface area contributed by atoms with Crippen LogP contribution in [-0.4, -0.2) is 7.11 Å². The van der Waals surface area contributed by atoms with E-state index >= 15 is 0 Å². The first kappa shape index (κ1) is 13.1. The number of halogens is 2. The molecule has 0 aliphatic heterocycles. The van der Waals surface area contributed by atoms with Gasteiger partial charge in [-0.3, -0.25) is 0 Å². The van der Waals surface area contributed by atoms with Gasteiger partial charge < -0.3 is 4.74 Å². The topological polar surface area (TPSA) is 9.23 Å². The monoisotopic (exact) mass is 308 g/mol. The van der Waals surface area contributed by atoms with Crippen molar-refractivity contribution in [2.24, 2.45) is 0 Å². The fourth-order valence-electron chi connectivity index (χ4n) is 1.90. The number of methoxy groups -OCH3 is 1. The van der Waals surface area contributed by atoms with Crippen LogP contribution in [0, 0.1) is 5.82 Å². The second-order valence-electron chi connectivity index (χ2n) is 4.17. The summed E-state index contributed by atoms with van der Waals surface area (Å²) < 4.78 is 19.0. The lowest BCUT2D eigenvalue weighted by atomic mass is 9.93. The molecule has 1 atom stereocenters. The molecule has 0 aromatic heterocycles. The molecule has 0 aliphatic carbocycles. The minimum atomic E-state index is -0.207. The van der Waals surface area contributed by atoms with E-state index in [2.05, 4.69) is 22.9 Å². The average molecular weight is 309 g/mol. The largest absolute Gasteiger partial charge is 0.496 e. The zero-order valence-electron chi connectivity index (χ0n) is 10.3. The molecule has 2 rings (SSSR count). The molecule has 0 aliphatic rings. The van der Waals surface area contributed by atoms with E-state index in [4.69, 9.17) is 4.74 Å². The number of rotatable bonds is 3. The molecule has 0 bridgehead atoms. The summed E-state index contributed by atoms with van der Waals surface area (Å²) in [5.74, 6) is 0.819. The first-order valence-electron chi connectivity index (χ1n) is 5.70. The van der Waals surface area contributed by atoms with Crippen molar-refractivity contribution in [3.05, 3.63) is 63.9 Å². The Bertz CT molecular complexity index is 537. The smallest absolute Gasteiger partial charge is 0.133 e. The summed E-state index contributed by atoms with van der Waals surface area (Å²) >= 11 is 3.47. The van der Waals surface area contributed by atoms with Gasteiger partial charge in [-0.1, -0.05) is 25.1 Å². The Balaban J connectivity index is 2.31. The highest BCUT2D eigenvalue weighted by Crippen LogP contribution is 2.31. The first-order chi connectivity index (χ1) is 8.61. The third kappa shape index (κ3) is 2.72. The van der Waals surface area contributed by atoms with Gasteiger partial charge in [0.2, 0.25) is 0 Å². The number of benzene rings is 2. The molecular weight excluding hydrogens is 295 g/mol. The van der Waals surface area contributed by atoms with Gasteiger partial charge in [0, 0.05) is 5.92 Å². The van der Waals surface area contributed by atoms with Crippen molar-refractivity contribution in [1.29, 1.82) is 0 Å². The van der Waals surface area contributed by atoms with Gasteiger partial charge in [0.25, 0.3) is 0 Å². The van der Waals surface area contributed by atoms with Crippen LogP contribution in [0.15, 0.2) is 46.9 Å². The molecule has 0 N–H and O–H groups in total. The van der Waals surface area contributed by atoms with Crippen LogP contribution < -0.4 is 4.74 Å². The molecule has 0 heterocycles. The van der Waals surface area contributed by atoms with Crippen molar-refractivity contribution < 1.29 is 9.13 Å². The summed E-state index contributed by atoms with van der Waals surface area (Å²) in [5, 5.41) is 0. The van der Waals surface area contributed by atoms with Gasteiger partial charge in [0.1, 0.15) is 11.6 Å². The standard InChI is InChI=1S/C15H14BrFO/c1-10(11-3-6-13(17)7-4-11)12-5-8-15(18-2)14(16)9-12/h3-10H,1-2H3. The van der Waals surface area contributed by atoms with Crippen LogP contribution >= 0.6 is 15.9 Å². The molecule has 0 amide bonds. The van der Waals surface area contributed by atoms with Crippen molar-refractivity contribution in [1.82, 2.24) is 0 Å². The molecule has 0 fully saturated rings. The lowest BCUT2D eigenvalue weighted by Gasteiger charge is -2.14. The van der Waals surface area contributed by atoms with Gasteiger partial charge in [0.05, 0.1) is 11.6 Å². The molecule has 2 aromatic carbocycles. The van der Waals surface area contributed by atoms with Crippen LogP contribution in [0.3, 0.4) is 0 Å². The van der Waals surface area contributed by atoms with E-state index in [1.807, 2.05) is 30.3 Å². The third-order valence-electron chi connectivity index (χ3n) is 3.05. The fraction of sp³-hybridized carbons (Fsp3) is 0.200. The molecule has 18 heavy (non-hydrogen) atoms. The highest BCUT2D eigenvalue weighted by Gasteiger charge is 2.10. The average Bonchev–Trinajstić information content (AvgIpc) is 2.38. The van der Waals surface area contributed by atoms with Gasteiger partial charge in [0.15, 0.2) is 0 Å². The maximum atomic E-state index is 12.9. The van der Waals surface area contributed by atoms with Crippen molar-refractivity contribution >= 4 is 15.9 Å². The van der Waals surface area contributed by atoms with Crippen LogP contribution in [0.25, 0.3) is 0 Å². The first-order valence-corrected chi connectivity index (χ1v) is 6.50. The molecule has 0 saturated heterocycles. The van der Waals surface area contributed by atoms with E-state index in [1.165, 1.54) is 12.1 Å². The maximum Gasteiger partial charge on any atom is 0.133 e. The van der Waals surface area contributed by atoms with Gasteiger partial charge >= 0.3 is 0 Å². The minimum absolute atomic E-state index is 0.207. The lowest BCUT2D eigenvalue weighted by Crippen LogP contribution is -1.97. The number of ether oxygens (including phenoxy) is 1. The second kappa shape index (κ2) is 5.53. The Morgan fingerprint density at radius 2 is 1.67 bits per heavy atom. The van der Waals surface area contributed by atoms with Crippen LogP contribution in [-0.2, 0) is 0 Å². The molecule has 0 spiro atoms. The van der Waals surface area contributed by atoms with Gasteiger partial charge in [-0.2, -0.15) is 0 Å². The van der Waals surface area contributed by atoms with E-state index in [9.17, 15) is 4.39 Å². The Morgan fingerprint density at radius 3 is 2.22 bits per heavy atom. The normalized spacial score (nSPS) is 12.2. The van der Waals surface area contributed by atoms with E-state index in [1.54, 1.807) is 7.11 Å². The van der Waals surface area contributed by atoms with Crippen molar-refractivity contribution in [3.63, 3.8) is 0 Å². The Hall–Kier alpha value is -1.35. The number of hydrogen-bond acceptors (Lipinski definition) is 1. The van der Waals surface area contributed by atoms with E-state index in [0.717, 1.165) is 21.3 Å². The summed E-state index contributed by atoms with van der Waals surface area (Å²) in [4.78, 5) is 0. The van der Waals surface area contributed by atoms with Gasteiger partial charge in [-0.15, -0.1) is 0 Å². The van der Waals surface area contributed by atoms with Crippen LogP contribution in [0.4, 0.5) is 4.39 Å². The third-order valence-corrected chi connectivity index (χ3v) is 3.67. The summed E-state index contributed by atoms with van der Waals surface area (Å²) in [6, 6.07) is 12.6. The molecule has 1 unspecified atom stereocenters. The maximum absolute atomic E-state index is 12.9. The molecule has 2 aromatic rings. The predicted octanol–water partition coefficient (Wildman–Crippen LogP) is 4.75.